The van der Waals surface area contributed by atoms with Crippen LogP contribution in [-0.4, -0.2) is 4.57 Å². The molecule has 0 aliphatic heterocycles. The zero-order valence-electron chi connectivity index (χ0n) is 5.58. The number of hydrogen-bond donors (Lipinski definition) is 0. The van der Waals surface area contributed by atoms with Crippen LogP contribution in [-0.2, 0) is 0 Å². The van der Waals surface area contributed by atoms with Gasteiger partial charge in [-0.2, -0.15) is 0 Å². The first kappa shape index (κ1) is 6.68. The second-order valence-corrected chi connectivity index (χ2v) is 1.86. The molecule has 0 radical (unpaired) electrons. The molecule has 1 aromatic heterocycles. The third-order valence-corrected chi connectivity index (χ3v) is 1.31. The van der Waals surface area contributed by atoms with Gasteiger partial charge in [-0.15, -0.1) is 0 Å². The molecule has 0 amide bonds. The van der Waals surface area contributed by atoms with Crippen molar-refractivity contribution in [1.82, 2.24) is 4.57 Å². The van der Waals surface area contributed by atoms with Crippen molar-refractivity contribution < 1.29 is 5.11 Å². The van der Waals surface area contributed by atoms with Crippen molar-refractivity contribution in [3.63, 3.8) is 0 Å². The van der Waals surface area contributed by atoms with Crippen LogP contribution < -0.4 is 5.11 Å². The number of nitrogens with zero attached hydrogens (tertiary/aromatic N) is 1. The summed E-state index contributed by atoms with van der Waals surface area (Å²) in [5.41, 5.74) is 0.565. The maximum absolute atomic E-state index is 10.9. The summed E-state index contributed by atoms with van der Waals surface area (Å²) in [6.07, 6.45) is 4.74. The zero-order chi connectivity index (χ0) is 7.56. The van der Waals surface area contributed by atoms with Crippen molar-refractivity contribution in [3.8, 4) is 5.75 Å². The van der Waals surface area contributed by atoms with Crippen molar-refractivity contribution in [2.45, 2.75) is 0 Å². The molecule has 0 spiro atoms. The van der Waals surface area contributed by atoms with E-state index >= 15 is 0 Å². The van der Waals surface area contributed by atoms with Gasteiger partial charge in [0.1, 0.15) is 0 Å². The van der Waals surface area contributed by atoms with Crippen LogP contribution in [0.1, 0.15) is 5.69 Å². The topological polar surface area (TPSA) is 28.0 Å². The lowest BCUT2D eigenvalue weighted by molar-refractivity contribution is -0.268. The minimum Gasteiger partial charge on any atom is -0.871 e. The lowest BCUT2D eigenvalue weighted by atomic mass is 10.4. The molecule has 1 aromatic rings. The molecule has 2 nitrogen and oxygen atoms in total. The third-order valence-electron chi connectivity index (χ3n) is 1.31. The van der Waals surface area contributed by atoms with Gasteiger partial charge in [-0.05, 0) is 6.08 Å². The molecule has 0 unspecified atom stereocenters. The van der Waals surface area contributed by atoms with E-state index in [1.54, 1.807) is 17.0 Å². The second-order valence-electron chi connectivity index (χ2n) is 1.86. The van der Waals surface area contributed by atoms with Gasteiger partial charge >= 0.3 is 0 Å². The zero-order valence-corrected chi connectivity index (χ0v) is 5.58. The number of hydrogen-bond acceptors (Lipinski definition) is 1. The lowest BCUT2D eigenvalue weighted by Gasteiger charge is -2.04. The molecule has 0 N–H and O–H groups in total. The van der Waals surface area contributed by atoms with Gasteiger partial charge < -0.3 is 9.67 Å². The van der Waals surface area contributed by atoms with E-state index in [0.29, 0.717) is 5.69 Å². The second kappa shape index (κ2) is 2.43. The van der Waals surface area contributed by atoms with Crippen LogP contribution in [0.4, 0.5) is 0 Å². The van der Waals surface area contributed by atoms with Gasteiger partial charge in [-0.25, -0.2) is 0 Å². The first-order valence-electron chi connectivity index (χ1n) is 2.92. The molecule has 2 heteroatoms. The molecule has 0 aliphatic carbocycles. The van der Waals surface area contributed by atoms with Crippen LogP contribution in [0.25, 0.3) is 12.3 Å². The van der Waals surface area contributed by atoms with Crippen molar-refractivity contribution >= 4 is 12.3 Å². The fraction of sp³-hybridized carbons (Fsp3) is 0. The minimum atomic E-state index is -0.0186. The van der Waals surface area contributed by atoms with Gasteiger partial charge in [-0.1, -0.05) is 25.0 Å². The standard InChI is InChI=1S/C8H9NO/c1-3-7-8(10)5-6-9(7)4-2/h3-6,10H,1-2H2/p-1. The normalized spacial score (nSPS) is 9.20. The summed E-state index contributed by atoms with van der Waals surface area (Å²) in [7, 11) is 0. The minimum absolute atomic E-state index is 0.0186. The average molecular weight is 134 g/mol. The van der Waals surface area contributed by atoms with E-state index in [4.69, 9.17) is 0 Å². The van der Waals surface area contributed by atoms with Crippen LogP contribution in [0.15, 0.2) is 25.4 Å². The van der Waals surface area contributed by atoms with Crippen molar-refractivity contribution in [1.29, 1.82) is 0 Å². The molecule has 1 heterocycles. The first-order valence-corrected chi connectivity index (χ1v) is 2.92. The third kappa shape index (κ3) is 0.838. The van der Waals surface area contributed by atoms with E-state index in [1.165, 1.54) is 12.1 Å². The molecule has 0 aromatic carbocycles. The molecule has 0 bridgehead atoms. The van der Waals surface area contributed by atoms with Crippen molar-refractivity contribution in [2.24, 2.45) is 0 Å². The molecular formula is C8H8NO-. The number of aromatic nitrogens is 1. The van der Waals surface area contributed by atoms with Gasteiger partial charge in [0, 0.05) is 18.1 Å². The summed E-state index contributed by atoms with van der Waals surface area (Å²) >= 11 is 0. The van der Waals surface area contributed by atoms with E-state index < -0.39 is 0 Å². The van der Waals surface area contributed by atoms with Crippen LogP contribution >= 0.6 is 0 Å². The van der Waals surface area contributed by atoms with E-state index in [2.05, 4.69) is 13.2 Å². The highest BCUT2D eigenvalue weighted by molar-refractivity contribution is 5.54. The summed E-state index contributed by atoms with van der Waals surface area (Å²) in [5, 5.41) is 10.9. The van der Waals surface area contributed by atoms with E-state index in [1.807, 2.05) is 0 Å². The molecule has 0 atom stereocenters. The fourth-order valence-corrected chi connectivity index (χ4v) is 0.806. The molecule has 10 heavy (non-hydrogen) atoms. The summed E-state index contributed by atoms with van der Waals surface area (Å²) in [6.45, 7) is 7.03. The monoisotopic (exact) mass is 134 g/mol. The maximum Gasteiger partial charge on any atom is 0.0365 e. The Morgan fingerprint density at radius 3 is 2.60 bits per heavy atom. The van der Waals surface area contributed by atoms with Gasteiger partial charge in [0.15, 0.2) is 0 Å². The molecule has 52 valence electrons. The van der Waals surface area contributed by atoms with Gasteiger partial charge in [-0.3, -0.25) is 0 Å². The van der Waals surface area contributed by atoms with Crippen LogP contribution in [0, 0.1) is 0 Å². The molecule has 0 saturated carbocycles. The highest BCUT2D eigenvalue weighted by Gasteiger charge is 1.92. The summed E-state index contributed by atoms with van der Waals surface area (Å²) in [4.78, 5) is 0. The van der Waals surface area contributed by atoms with Gasteiger partial charge in [0.2, 0.25) is 0 Å². The molecular weight excluding hydrogens is 126 g/mol. The van der Waals surface area contributed by atoms with Crippen LogP contribution in [0.3, 0.4) is 0 Å². The Labute approximate surface area is 59.7 Å². The Morgan fingerprint density at radius 1 is 1.50 bits per heavy atom. The van der Waals surface area contributed by atoms with E-state index in [-0.39, 0.29) is 5.75 Å². The van der Waals surface area contributed by atoms with Crippen LogP contribution in [0.2, 0.25) is 0 Å². The fourth-order valence-electron chi connectivity index (χ4n) is 0.806. The van der Waals surface area contributed by atoms with Gasteiger partial charge in [0.05, 0.1) is 0 Å². The average Bonchev–Trinajstić information content (AvgIpc) is 2.30. The highest BCUT2D eigenvalue weighted by atomic mass is 16.3. The largest absolute Gasteiger partial charge is 0.871 e. The van der Waals surface area contributed by atoms with Crippen molar-refractivity contribution in [2.75, 3.05) is 0 Å². The van der Waals surface area contributed by atoms with Crippen molar-refractivity contribution in [3.05, 3.63) is 31.1 Å². The van der Waals surface area contributed by atoms with E-state index in [0.717, 1.165) is 0 Å². The first-order chi connectivity index (χ1) is 4.79. The summed E-state index contributed by atoms with van der Waals surface area (Å²) in [6, 6.07) is 1.48. The molecule has 0 fully saturated rings. The van der Waals surface area contributed by atoms with Crippen LogP contribution in [0.5, 0.6) is 5.75 Å². The summed E-state index contributed by atoms with van der Waals surface area (Å²) in [5.74, 6) is -0.0186. The Hall–Kier alpha value is -1.44. The quantitative estimate of drug-likeness (QED) is 0.599. The summed E-state index contributed by atoms with van der Waals surface area (Å²) < 4.78 is 1.63. The number of rotatable bonds is 2. The van der Waals surface area contributed by atoms with Gasteiger partial charge in [0.25, 0.3) is 0 Å². The molecule has 0 saturated heterocycles. The Bertz CT molecular complexity index is 260. The molecule has 0 aliphatic rings. The Morgan fingerprint density at radius 2 is 2.20 bits per heavy atom. The smallest absolute Gasteiger partial charge is 0.0365 e. The predicted molar refractivity (Wildman–Crippen MR) is 40.4 cm³/mol. The molecule has 1 rings (SSSR count). The van der Waals surface area contributed by atoms with E-state index in [9.17, 15) is 5.11 Å². The maximum atomic E-state index is 10.9. The lowest BCUT2D eigenvalue weighted by Crippen LogP contribution is -1.92. The predicted octanol–water partition coefficient (Wildman–Crippen LogP) is 1.31. The highest BCUT2D eigenvalue weighted by Crippen LogP contribution is 2.15. The Balaban J connectivity index is 3.25. The Kier molecular flexibility index (Phi) is 1.63. The SMILES string of the molecule is C=Cc1c([O-])ccn1C=C.